The van der Waals surface area contributed by atoms with Gasteiger partial charge in [0, 0.05) is 50.0 Å². The number of rotatable bonds is 10. The van der Waals surface area contributed by atoms with Crippen LogP contribution >= 0.6 is 0 Å². The van der Waals surface area contributed by atoms with Gasteiger partial charge < -0.3 is 15.0 Å². The summed E-state index contributed by atoms with van der Waals surface area (Å²) in [6, 6.07) is 9.97. The third-order valence-electron chi connectivity index (χ3n) is 6.79. The summed E-state index contributed by atoms with van der Waals surface area (Å²) in [5, 5.41) is 2.57. The molecule has 2 aromatic carbocycles. The maximum absolute atomic E-state index is 14.0. The van der Waals surface area contributed by atoms with E-state index in [4.69, 9.17) is 4.74 Å². The Hall–Kier alpha value is -4.49. The van der Waals surface area contributed by atoms with Crippen molar-refractivity contribution in [3.63, 3.8) is 0 Å². The number of hydrogen-bond donors (Lipinski definition) is 3. The summed E-state index contributed by atoms with van der Waals surface area (Å²) in [6.45, 7) is 11.3. The molecule has 0 spiro atoms. The summed E-state index contributed by atoms with van der Waals surface area (Å²) in [6.07, 6.45) is -2.28. The molecule has 13 heteroatoms. The van der Waals surface area contributed by atoms with Crippen molar-refractivity contribution in [3.05, 3.63) is 83.7 Å². The van der Waals surface area contributed by atoms with Gasteiger partial charge in [0.15, 0.2) is 5.82 Å². The number of carbonyl (C=O) groups is 2. The van der Waals surface area contributed by atoms with Gasteiger partial charge in [-0.1, -0.05) is 25.6 Å². The minimum absolute atomic E-state index is 0.0306. The number of amides is 2. The molecule has 2 heterocycles. The number of alkyl halides is 3. The molecule has 10 nitrogen and oxygen atoms in total. The van der Waals surface area contributed by atoms with Gasteiger partial charge in [-0.15, -0.1) is 0 Å². The van der Waals surface area contributed by atoms with Crippen LogP contribution in [-0.4, -0.2) is 64.3 Å². The van der Waals surface area contributed by atoms with Gasteiger partial charge in [-0.2, -0.15) is 13.2 Å². The molecule has 0 saturated carbocycles. The van der Waals surface area contributed by atoms with Crippen molar-refractivity contribution in [3.8, 4) is 11.6 Å². The molecule has 2 amide bonds. The molecule has 1 aliphatic rings. The average molecular weight is 584 g/mol. The molecule has 1 saturated heterocycles. The lowest BCUT2D eigenvalue weighted by Gasteiger charge is -2.34. The molecule has 42 heavy (non-hydrogen) atoms. The molecule has 0 unspecified atom stereocenters. The van der Waals surface area contributed by atoms with Crippen LogP contribution in [-0.2, 0) is 17.5 Å². The summed E-state index contributed by atoms with van der Waals surface area (Å²) in [5.41, 5.74) is 5.23. The van der Waals surface area contributed by atoms with Crippen LogP contribution in [0.2, 0.25) is 0 Å². The molecule has 3 aromatic rings. The first-order chi connectivity index (χ1) is 20.0. The van der Waals surface area contributed by atoms with Crippen molar-refractivity contribution >= 4 is 23.3 Å². The Labute approximate surface area is 241 Å². The predicted molar refractivity (Wildman–Crippen MR) is 152 cm³/mol. The van der Waals surface area contributed by atoms with Gasteiger partial charge in [-0.25, -0.2) is 9.97 Å². The van der Waals surface area contributed by atoms with Gasteiger partial charge >= 0.3 is 6.18 Å². The topological polar surface area (TPSA) is 112 Å². The molecule has 3 N–H and O–H groups in total. The molecule has 1 aliphatic heterocycles. The molecule has 0 aliphatic carbocycles. The monoisotopic (exact) mass is 583 g/mol. The van der Waals surface area contributed by atoms with Crippen molar-refractivity contribution in [2.75, 3.05) is 43.5 Å². The highest BCUT2D eigenvalue weighted by Gasteiger charge is 2.34. The highest BCUT2D eigenvalue weighted by molar-refractivity contribution is 6.04. The van der Waals surface area contributed by atoms with Crippen LogP contribution in [0.3, 0.4) is 0 Å². The maximum atomic E-state index is 14.0. The number of benzene rings is 2. The van der Waals surface area contributed by atoms with Crippen LogP contribution in [0.5, 0.6) is 11.6 Å². The van der Waals surface area contributed by atoms with Crippen LogP contribution in [0.15, 0.2) is 61.4 Å². The number of ether oxygens (including phenoxy) is 1. The first-order valence-electron chi connectivity index (χ1n) is 13.3. The number of nitrogens with one attached hydrogen (secondary N) is 3. The number of hydrogen-bond acceptors (Lipinski definition) is 8. The maximum Gasteiger partial charge on any atom is 0.416 e. The normalized spacial score (nSPS) is 14.2. The number of hydrazine groups is 1. The Kier molecular flexibility index (Phi) is 9.76. The summed E-state index contributed by atoms with van der Waals surface area (Å²) < 4.78 is 47.8. The third kappa shape index (κ3) is 8.04. The standard InChI is InChI=1S/C29H32F3N7O3/c1-4-26(40)37-36-25-16-27(34-18-33-25)42-24-14-20(7-6-19(24)3)28(41)35-22-9-8-21(23(15-22)29(30,31)32)17-39-12-10-38(5-2)11-13-39/h4,6-9,14-16,18H,1,5,10-13,17H2,2-3H3,(H,35,41)(H,37,40)(H,33,34,36). The van der Waals surface area contributed by atoms with Gasteiger partial charge in [-0.3, -0.25) is 25.3 Å². The van der Waals surface area contributed by atoms with E-state index in [1.54, 1.807) is 19.1 Å². The van der Waals surface area contributed by atoms with E-state index in [9.17, 15) is 22.8 Å². The van der Waals surface area contributed by atoms with Gasteiger partial charge in [0.2, 0.25) is 5.88 Å². The Morgan fingerprint density at radius 2 is 1.79 bits per heavy atom. The lowest BCUT2D eigenvalue weighted by molar-refractivity contribution is -0.138. The average Bonchev–Trinajstić information content (AvgIpc) is 2.97. The van der Waals surface area contributed by atoms with Crippen LogP contribution in [0.1, 0.15) is 34.0 Å². The van der Waals surface area contributed by atoms with E-state index in [0.29, 0.717) is 24.4 Å². The van der Waals surface area contributed by atoms with E-state index >= 15 is 0 Å². The number of anilines is 2. The fraction of sp³-hybridized carbons (Fsp3) is 0.310. The highest BCUT2D eigenvalue weighted by Crippen LogP contribution is 2.35. The second kappa shape index (κ2) is 13.4. The number of aromatic nitrogens is 2. The highest BCUT2D eigenvalue weighted by atomic mass is 19.4. The van der Waals surface area contributed by atoms with Crippen LogP contribution in [0, 0.1) is 6.92 Å². The van der Waals surface area contributed by atoms with Crippen molar-refractivity contribution in [2.24, 2.45) is 0 Å². The molecule has 0 bridgehead atoms. The quantitative estimate of drug-likeness (QED) is 0.234. The lowest BCUT2D eigenvalue weighted by Crippen LogP contribution is -2.45. The van der Waals surface area contributed by atoms with E-state index in [1.165, 1.54) is 30.6 Å². The Morgan fingerprint density at radius 3 is 2.48 bits per heavy atom. The van der Waals surface area contributed by atoms with Gasteiger partial charge in [-0.05, 0) is 54.9 Å². The van der Waals surface area contributed by atoms with Crippen molar-refractivity contribution < 1.29 is 27.5 Å². The van der Waals surface area contributed by atoms with E-state index in [0.717, 1.165) is 31.8 Å². The molecular formula is C29H32F3N7O3. The first-order valence-corrected chi connectivity index (χ1v) is 13.3. The van der Waals surface area contributed by atoms with Crippen LogP contribution < -0.4 is 20.9 Å². The minimum Gasteiger partial charge on any atom is -0.439 e. The lowest BCUT2D eigenvalue weighted by atomic mass is 10.0. The van der Waals surface area contributed by atoms with E-state index in [1.807, 2.05) is 4.90 Å². The van der Waals surface area contributed by atoms with Gasteiger partial charge in [0.25, 0.3) is 11.8 Å². The molecule has 0 radical (unpaired) electrons. The predicted octanol–water partition coefficient (Wildman–Crippen LogP) is 4.62. The van der Waals surface area contributed by atoms with Crippen molar-refractivity contribution in [2.45, 2.75) is 26.6 Å². The van der Waals surface area contributed by atoms with Crippen LogP contribution in [0.25, 0.3) is 0 Å². The molecule has 4 rings (SSSR count). The van der Waals surface area contributed by atoms with E-state index < -0.39 is 23.6 Å². The largest absolute Gasteiger partial charge is 0.439 e. The fourth-order valence-electron chi connectivity index (χ4n) is 4.37. The minimum atomic E-state index is -4.58. The zero-order valence-electron chi connectivity index (χ0n) is 23.3. The SMILES string of the molecule is C=CC(=O)NNc1cc(Oc2cc(C(=O)Nc3ccc(CN4CCN(CC)CC4)c(C(F)(F)F)c3)ccc2C)ncn1. The van der Waals surface area contributed by atoms with Crippen LogP contribution in [0.4, 0.5) is 24.7 Å². The number of halogens is 3. The van der Waals surface area contributed by atoms with E-state index in [2.05, 4.69) is 44.5 Å². The second-order valence-electron chi connectivity index (χ2n) is 9.68. The van der Waals surface area contributed by atoms with E-state index in [-0.39, 0.29) is 35.1 Å². The third-order valence-corrected chi connectivity index (χ3v) is 6.79. The number of piperazine rings is 1. The Bertz CT molecular complexity index is 1440. The number of carbonyl (C=O) groups excluding carboxylic acids is 2. The summed E-state index contributed by atoms with van der Waals surface area (Å²) >= 11 is 0. The second-order valence-corrected chi connectivity index (χ2v) is 9.68. The van der Waals surface area contributed by atoms with Gasteiger partial charge in [0.1, 0.15) is 12.1 Å². The Morgan fingerprint density at radius 1 is 1.05 bits per heavy atom. The molecular weight excluding hydrogens is 551 g/mol. The zero-order chi connectivity index (χ0) is 30.3. The molecule has 0 atom stereocenters. The summed E-state index contributed by atoms with van der Waals surface area (Å²) in [4.78, 5) is 36.7. The molecule has 222 valence electrons. The fourth-order valence-corrected chi connectivity index (χ4v) is 4.37. The number of nitrogens with zero attached hydrogens (tertiary/aromatic N) is 4. The first kappa shape index (κ1) is 30.5. The molecule has 1 aromatic heterocycles. The van der Waals surface area contributed by atoms with Gasteiger partial charge in [0.05, 0.1) is 5.56 Å². The van der Waals surface area contributed by atoms with Crippen molar-refractivity contribution in [1.29, 1.82) is 0 Å². The molecule has 1 fully saturated rings. The Balaban J connectivity index is 1.47. The summed E-state index contributed by atoms with van der Waals surface area (Å²) in [5.74, 6) is -0.393. The number of likely N-dealkylation sites (N-methyl/N-ethyl adjacent to an activating group) is 1. The summed E-state index contributed by atoms with van der Waals surface area (Å²) in [7, 11) is 0. The van der Waals surface area contributed by atoms with Crippen molar-refractivity contribution in [1.82, 2.24) is 25.2 Å². The zero-order valence-corrected chi connectivity index (χ0v) is 23.3. The smallest absolute Gasteiger partial charge is 0.416 e. The number of aryl methyl sites for hydroxylation is 1.